The molecule has 0 aliphatic carbocycles. The summed E-state index contributed by atoms with van der Waals surface area (Å²) in [6.07, 6.45) is 0. The van der Waals surface area contributed by atoms with Gasteiger partial charge in [0.1, 0.15) is 5.75 Å². The molecular formula is C14H14ClNO3. The van der Waals surface area contributed by atoms with E-state index >= 15 is 0 Å². The minimum absolute atomic E-state index is 0.115. The Morgan fingerprint density at radius 1 is 1.37 bits per heavy atom. The predicted octanol–water partition coefficient (Wildman–Crippen LogP) is 3.61. The number of aromatic hydroxyl groups is 1. The summed E-state index contributed by atoms with van der Waals surface area (Å²) in [5, 5.41) is 9.73. The summed E-state index contributed by atoms with van der Waals surface area (Å²) in [5.41, 5.74) is 1.55. The van der Waals surface area contributed by atoms with Crippen molar-refractivity contribution < 1.29 is 14.3 Å². The zero-order valence-electron chi connectivity index (χ0n) is 10.7. The largest absolute Gasteiger partial charge is 0.508 e. The van der Waals surface area contributed by atoms with Crippen LogP contribution in [0, 0.1) is 6.92 Å². The van der Waals surface area contributed by atoms with Crippen LogP contribution in [0.3, 0.4) is 0 Å². The first kappa shape index (κ1) is 13.5. The van der Waals surface area contributed by atoms with Crippen LogP contribution in [-0.2, 0) is 0 Å². The summed E-state index contributed by atoms with van der Waals surface area (Å²) in [4.78, 5) is 13.9. The molecule has 1 N–H and O–H groups in total. The van der Waals surface area contributed by atoms with Gasteiger partial charge in [-0.2, -0.15) is 0 Å². The van der Waals surface area contributed by atoms with E-state index in [1.807, 2.05) is 13.8 Å². The molecule has 2 aromatic rings. The Labute approximate surface area is 116 Å². The van der Waals surface area contributed by atoms with E-state index in [0.717, 1.165) is 5.56 Å². The second-order valence-corrected chi connectivity index (χ2v) is 4.50. The molecule has 0 spiro atoms. The van der Waals surface area contributed by atoms with Gasteiger partial charge in [0.05, 0.1) is 5.69 Å². The van der Waals surface area contributed by atoms with Crippen molar-refractivity contribution in [3.63, 3.8) is 0 Å². The van der Waals surface area contributed by atoms with Crippen LogP contribution >= 0.6 is 11.6 Å². The lowest BCUT2D eigenvalue weighted by Crippen LogP contribution is -2.30. The Balaban J connectivity index is 2.39. The minimum Gasteiger partial charge on any atom is -0.508 e. The third-order valence-electron chi connectivity index (χ3n) is 2.83. The van der Waals surface area contributed by atoms with Gasteiger partial charge in [-0.1, -0.05) is 6.07 Å². The van der Waals surface area contributed by atoms with Gasteiger partial charge in [0, 0.05) is 12.6 Å². The quantitative estimate of drug-likeness (QED) is 0.934. The zero-order valence-corrected chi connectivity index (χ0v) is 11.4. The van der Waals surface area contributed by atoms with Crippen molar-refractivity contribution in [3.05, 3.63) is 46.9 Å². The van der Waals surface area contributed by atoms with Crippen molar-refractivity contribution in [2.45, 2.75) is 13.8 Å². The van der Waals surface area contributed by atoms with Crippen LogP contribution in [0.5, 0.6) is 5.75 Å². The summed E-state index contributed by atoms with van der Waals surface area (Å²) in [5.74, 6) is 0.00187. The number of carbonyl (C=O) groups is 1. The number of carbonyl (C=O) groups excluding carboxylic acids is 1. The number of nitrogens with zero attached hydrogens (tertiary/aromatic N) is 1. The monoisotopic (exact) mass is 279 g/mol. The van der Waals surface area contributed by atoms with E-state index in [-0.39, 0.29) is 22.6 Å². The maximum atomic E-state index is 12.3. The molecule has 4 nitrogen and oxygen atoms in total. The highest BCUT2D eigenvalue weighted by atomic mass is 35.5. The fraction of sp³-hybridized carbons (Fsp3) is 0.214. The van der Waals surface area contributed by atoms with Crippen molar-refractivity contribution in [3.8, 4) is 5.75 Å². The maximum Gasteiger partial charge on any atom is 0.294 e. The highest BCUT2D eigenvalue weighted by Gasteiger charge is 2.21. The van der Waals surface area contributed by atoms with Gasteiger partial charge >= 0.3 is 0 Å². The van der Waals surface area contributed by atoms with E-state index < -0.39 is 0 Å². The van der Waals surface area contributed by atoms with Crippen molar-refractivity contribution in [2.75, 3.05) is 11.4 Å². The summed E-state index contributed by atoms with van der Waals surface area (Å²) in [6, 6.07) is 7.96. The summed E-state index contributed by atoms with van der Waals surface area (Å²) in [7, 11) is 0. The van der Waals surface area contributed by atoms with Gasteiger partial charge < -0.3 is 14.4 Å². The topological polar surface area (TPSA) is 53.7 Å². The van der Waals surface area contributed by atoms with Gasteiger partial charge in [-0.05, 0) is 49.2 Å². The molecule has 0 radical (unpaired) electrons. The normalized spacial score (nSPS) is 10.5. The molecule has 0 fully saturated rings. The first-order valence-electron chi connectivity index (χ1n) is 5.89. The fourth-order valence-corrected chi connectivity index (χ4v) is 2.02. The molecule has 1 heterocycles. The Kier molecular flexibility index (Phi) is 3.81. The van der Waals surface area contributed by atoms with E-state index in [4.69, 9.17) is 16.0 Å². The Bertz CT molecular complexity index is 606. The Morgan fingerprint density at radius 3 is 2.68 bits per heavy atom. The summed E-state index contributed by atoms with van der Waals surface area (Å²) >= 11 is 5.68. The van der Waals surface area contributed by atoms with Crippen LogP contribution in [0.4, 0.5) is 5.69 Å². The van der Waals surface area contributed by atoms with Crippen LogP contribution in [0.25, 0.3) is 0 Å². The van der Waals surface area contributed by atoms with Crippen LogP contribution in [0.1, 0.15) is 23.0 Å². The van der Waals surface area contributed by atoms with Crippen LogP contribution in [-0.4, -0.2) is 17.6 Å². The average Bonchev–Trinajstić information content (AvgIpc) is 2.81. The number of benzene rings is 1. The lowest BCUT2D eigenvalue weighted by atomic mass is 10.1. The number of halogens is 1. The van der Waals surface area contributed by atoms with Crippen molar-refractivity contribution in [2.24, 2.45) is 0 Å². The number of amides is 1. The Hall–Kier alpha value is -1.94. The Morgan fingerprint density at radius 2 is 2.11 bits per heavy atom. The molecule has 1 aromatic heterocycles. The summed E-state index contributed by atoms with van der Waals surface area (Å²) < 4.78 is 5.13. The highest BCUT2D eigenvalue weighted by Crippen LogP contribution is 2.27. The number of phenolic OH excluding ortho intramolecular Hbond substituents is 1. The minimum atomic E-state index is -0.289. The lowest BCUT2D eigenvalue weighted by Gasteiger charge is -2.22. The van der Waals surface area contributed by atoms with E-state index in [2.05, 4.69) is 0 Å². The van der Waals surface area contributed by atoms with Gasteiger partial charge in [-0.25, -0.2) is 0 Å². The number of hydrogen-bond donors (Lipinski definition) is 1. The third kappa shape index (κ3) is 2.74. The fourth-order valence-electron chi connectivity index (χ4n) is 1.87. The molecule has 0 unspecified atom stereocenters. The number of rotatable bonds is 3. The molecule has 0 aliphatic rings. The highest BCUT2D eigenvalue weighted by molar-refractivity contribution is 6.29. The smallest absolute Gasteiger partial charge is 0.294 e. The van der Waals surface area contributed by atoms with Crippen molar-refractivity contribution in [1.82, 2.24) is 0 Å². The second kappa shape index (κ2) is 5.36. The van der Waals surface area contributed by atoms with Gasteiger partial charge in [0.15, 0.2) is 11.0 Å². The number of hydrogen-bond acceptors (Lipinski definition) is 3. The van der Waals surface area contributed by atoms with Gasteiger partial charge in [0.25, 0.3) is 5.91 Å². The van der Waals surface area contributed by atoms with Crippen LogP contribution < -0.4 is 4.90 Å². The molecule has 0 saturated heterocycles. The number of aryl methyl sites for hydroxylation is 1. The lowest BCUT2D eigenvalue weighted by molar-refractivity contribution is 0.0961. The molecule has 0 saturated carbocycles. The van der Waals surface area contributed by atoms with E-state index in [1.165, 1.54) is 17.0 Å². The predicted molar refractivity (Wildman–Crippen MR) is 73.9 cm³/mol. The first-order chi connectivity index (χ1) is 9.02. The number of anilines is 1. The number of phenols is 1. The molecule has 100 valence electrons. The summed E-state index contributed by atoms with van der Waals surface area (Å²) in [6.45, 7) is 4.19. The van der Waals surface area contributed by atoms with Crippen molar-refractivity contribution >= 4 is 23.2 Å². The molecule has 5 heteroatoms. The van der Waals surface area contributed by atoms with E-state index in [0.29, 0.717) is 12.2 Å². The molecule has 0 atom stereocenters. The van der Waals surface area contributed by atoms with E-state index in [1.54, 1.807) is 18.2 Å². The molecular weight excluding hydrogens is 266 g/mol. The van der Waals surface area contributed by atoms with Gasteiger partial charge in [-0.3, -0.25) is 4.79 Å². The van der Waals surface area contributed by atoms with Crippen LogP contribution in [0.15, 0.2) is 34.7 Å². The third-order valence-corrected chi connectivity index (χ3v) is 3.03. The second-order valence-electron chi connectivity index (χ2n) is 4.12. The first-order valence-corrected chi connectivity index (χ1v) is 6.27. The molecule has 2 rings (SSSR count). The zero-order chi connectivity index (χ0) is 14.0. The SMILES string of the molecule is CCN(C(=O)c1ccc(Cl)o1)c1cc(O)ccc1C. The molecule has 1 amide bonds. The average molecular weight is 280 g/mol. The number of furan rings is 1. The standard InChI is InChI=1S/C14H14ClNO3/c1-3-16(11-8-10(17)5-4-9(11)2)14(18)12-6-7-13(15)19-12/h4-8,17H,3H2,1-2H3. The van der Waals surface area contributed by atoms with Crippen molar-refractivity contribution in [1.29, 1.82) is 0 Å². The van der Waals surface area contributed by atoms with Gasteiger partial charge in [-0.15, -0.1) is 0 Å². The van der Waals surface area contributed by atoms with E-state index in [9.17, 15) is 9.90 Å². The maximum absolute atomic E-state index is 12.3. The van der Waals surface area contributed by atoms with Crippen LogP contribution in [0.2, 0.25) is 5.22 Å². The van der Waals surface area contributed by atoms with Gasteiger partial charge in [0.2, 0.25) is 0 Å². The molecule has 0 bridgehead atoms. The molecule has 19 heavy (non-hydrogen) atoms. The molecule has 0 aliphatic heterocycles. The molecule has 1 aromatic carbocycles.